The average Bonchev–Trinajstić information content (AvgIpc) is 3.51. The minimum absolute atomic E-state index is 0.0476. The number of nitrogens with zero attached hydrogens (tertiary/aromatic N) is 5. The van der Waals surface area contributed by atoms with Crippen LogP contribution < -0.4 is 16.0 Å². The summed E-state index contributed by atoms with van der Waals surface area (Å²) in [6.45, 7) is 0.950. The predicted molar refractivity (Wildman–Crippen MR) is 153 cm³/mol. The number of nitrogens with one attached hydrogen (secondary N) is 3. The standard InChI is InChI=1S/C29H33ClN8O/c30-24-8-4-7-23(15-24)19-34-29-36-26(17-27(37-29)38-14-13-32-20-38)35-25(16-21-5-2-1-3-6-21)28(39)33-18-22-9-11-31-12-10-22/h4,7-15,17,20-21,25H,1-3,5-6,16,18-19H2,(H,33,39)(H2,34,35,36,37). The Balaban J connectivity index is 1.36. The third-order valence-electron chi connectivity index (χ3n) is 6.97. The first-order valence-corrected chi connectivity index (χ1v) is 13.8. The largest absolute Gasteiger partial charge is 0.358 e. The molecular weight excluding hydrogens is 512 g/mol. The Morgan fingerprint density at radius 1 is 0.974 bits per heavy atom. The zero-order chi connectivity index (χ0) is 26.9. The first-order chi connectivity index (χ1) is 19.1. The van der Waals surface area contributed by atoms with Gasteiger partial charge in [-0.3, -0.25) is 14.3 Å². The van der Waals surface area contributed by atoms with Crippen LogP contribution in [0.1, 0.15) is 49.7 Å². The fourth-order valence-corrected chi connectivity index (χ4v) is 5.13. The summed E-state index contributed by atoms with van der Waals surface area (Å²) in [7, 11) is 0. The summed E-state index contributed by atoms with van der Waals surface area (Å²) in [6, 6.07) is 12.9. The van der Waals surface area contributed by atoms with Crippen LogP contribution in [0.3, 0.4) is 0 Å². The molecule has 0 bridgehead atoms. The van der Waals surface area contributed by atoms with Gasteiger partial charge >= 0.3 is 0 Å². The highest BCUT2D eigenvalue weighted by Gasteiger charge is 2.25. The average molecular weight is 545 g/mol. The van der Waals surface area contributed by atoms with Gasteiger partial charge in [0.05, 0.1) is 0 Å². The van der Waals surface area contributed by atoms with Crippen molar-refractivity contribution in [3.05, 3.63) is 89.7 Å². The van der Waals surface area contributed by atoms with E-state index in [1.807, 2.05) is 53.2 Å². The van der Waals surface area contributed by atoms with E-state index in [1.165, 1.54) is 19.3 Å². The molecule has 1 fully saturated rings. The Hall–Kier alpha value is -3.98. The summed E-state index contributed by atoms with van der Waals surface area (Å²) < 4.78 is 1.82. The minimum Gasteiger partial charge on any atom is -0.358 e. The van der Waals surface area contributed by atoms with Gasteiger partial charge in [0.15, 0.2) is 0 Å². The van der Waals surface area contributed by atoms with Crippen LogP contribution in [-0.2, 0) is 17.9 Å². The fraction of sp³-hybridized carbons (Fsp3) is 0.345. The maximum Gasteiger partial charge on any atom is 0.242 e. The van der Waals surface area contributed by atoms with Gasteiger partial charge in [0.25, 0.3) is 0 Å². The van der Waals surface area contributed by atoms with Crippen molar-refractivity contribution in [2.75, 3.05) is 10.6 Å². The van der Waals surface area contributed by atoms with Crippen molar-refractivity contribution in [2.45, 2.75) is 57.7 Å². The molecule has 1 amide bonds. The molecule has 1 aliphatic rings. The Kier molecular flexibility index (Phi) is 9.01. The molecule has 1 saturated carbocycles. The van der Waals surface area contributed by atoms with E-state index in [4.69, 9.17) is 16.6 Å². The van der Waals surface area contributed by atoms with Gasteiger partial charge < -0.3 is 16.0 Å². The maximum absolute atomic E-state index is 13.5. The molecule has 0 saturated heterocycles. The van der Waals surface area contributed by atoms with Gasteiger partial charge in [-0.05, 0) is 47.7 Å². The zero-order valence-corrected chi connectivity index (χ0v) is 22.5. The molecule has 0 spiro atoms. The van der Waals surface area contributed by atoms with Crippen LogP contribution in [0.4, 0.5) is 11.8 Å². The number of aromatic nitrogens is 5. The molecule has 202 valence electrons. The Morgan fingerprint density at radius 2 is 1.82 bits per heavy atom. The highest BCUT2D eigenvalue weighted by Crippen LogP contribution is 2.28. The van der Waals surface area contributed by atoms with Gasteiger partial charge in [0.1, 0.15) is 24.0 Å². The number of hydrogen-bond acceptors (Lipinski definition) is 7. The number of carbonyl (C=O) groups is 1. The van der Waals surface area contributed by atoms with E-state index in [2.05, 4.69) is 30.9 Å². The minimum atomic E-state index is -0.429. The molecule has 4 aromatic rings. The first-order valence-electron chi connectivity index (χ1n) is 13.4. The number of anilines is 2. The van der Waals surface area contributed by atoms with E-state index in [0.29, 0.717) is 41.6 Å². The molecule has 3 N–H and O–H groups in total. The third-order valence-corrected chi connectivity index (χ3v) is 7.20. The monoisotopic (exact) mass is 544 g/mol. The van der Waals surface area contributed by atoms with Crippen LogP contribution in [0.15, 0.2) is 73.6 Å². The van der Waals surface area contributed by atoms with Crippen molar-refractivity contribution in [2.24, 2.45) is 5.92 Å². The predicted octanol–water partition coefficient (Wildman–Crippen LogP) is 5.39. The van der Waals surface area contributed by atoms with Crippen LogP contribution in [0.5, 0.6) is 0 Å². The number of rotatable bonds is 11. The van der Waals surface area contributed by atoms with Crippen molar-refractivity contribution in [1.29, 1.82) is 0 Å². The molecule has 0 radical (unpaired) electrons. The quantitative estimate of drug-likeness (QED) is 0.232. The van der Waals surface area contributed by atoms with E-state index < -0.39 is 6.04 Å². The lowest BCUT2D eigenvalue weighted by atomic mass is 9.84. The Labute approximate surface area is 233 Å². The number of hydrogen-bond donors (Lipinski definition) is 3. The summed E-state index contributed by atoms with van der Waals surface area (Å²) in [5, 5.41) is 10.5. The number of benzene rings is 1. The lowest BCUT2D eigenvalue weighted by molar-refractivity contribution is -0.122. The Morgan fingerprint density at radius 3 is 2.59 bits per heavy atom. The highest BCUT2D eigenvalue weighted by atomic mass is 35.5. The van der Waals surface area contributed by atoms with E-state index in [1.54, 1.807) is 24.9 Å². The third kappa shape index (κ3) is 7.77. The highest BCUT2D eigenvalue weighted by molar-refractivity contribution is 6.30. The van der Waals surface area contributed by atoms with E-state index in [9.17, 15) is 4.79 Å². The van der Waals surface area contributed by atoms with Crippen LogP contribution in [0, 0.1) is 5.92 Å². The SMILES string of the molecule is O=C(NCc1ccncc1)C(CC1CCCCC1)Nc1cc(-n2ccnc2)nc(NCc2cccc(Cl)c2)n1. The second kappa shape index (κ2) is 13.2. The number of imidazole rings is 1. The van der Waals surface area contributed by atoms with Crippen molar-refractivity contribution in [3.63, 3.8) is 0 Å². The van der Waals surface area contributed by atoms with Crippen molar-refractivity contribution in [1.82, 2.24) is 29.8 Å². The number of carbonyl (C=O) groups excluding carboxylic acids is 1. The van der Waals surface area contributed by atoms with Crippen LogP contribution in [0.25, 0.3) is 5.82 Å². The smallest absolute Gasteiger partial charge is 0.242 e. The van der Waals surface area contributed by atoms with Crippen molar-refractivity contribution >= 4 is 29.3 Å². The van der Waals surface area contributed by atoms with Gasteiger partial charge in [-0.2, -0.15) is 9.97 Å². The second-order valence-electron chi connectivity index (χ2n) is 9.90. The van der Waals surface area contributed by atoms with E-state index in [-0.39, 0.29) is 5.91 Å². The van der Waals surface area contributed by atoms with Gasteiger partial charge in [-0.25, -0.2) is 4.98 Å². The molecule has 39 heavy (non-hydrogen) atoms. The normalized spacial score (nSPS) is 14.5. The Bertz CT molecular complexity index is 1340. The molecule has 1 atom stereocenters. The number of pyridine rings is 1. The van der Waals surface area contributed by atoms with Crippen LogP contribution in [-0.4, -0.2) is 36.5 Å². The summed E-state index contributed by atoms with van der Waals surface area (Å²) in [6.07, 6.45) is 15.4. The summed E-state index contributed by atoms with van der Waals surface area (Å²) >= 11 is 6.16. The maximum atomic E-state index is 13.5. The molecule has 10 heteroatoms. The molecule has 3 aromatic heterocycles. The van der Waals surface area contributed by atoms with Crippen molar-refractivity contribution in [3.8, 4) is 5.82 Å². The molecular formula is C29H33ClN8O. The summed E-state index contributed by atoms with van der Waals surface area (Å²) in [4.78, 5) is 31.1. The molecule has 1 aliphatic carbocycles. The van der Waals surface area contributed by atoms with Crippen LogP contribution in [0.2, 0.25) is 5.02 Å². The second-order valence-corrected chi connectivity index (χ2v) is 10.3. The van der Waals surface area contributed by atoms with Gasteiger partial charge in [0, 0.05) is 49.0 Å². The number of amides is 1. The lowest BCUT2D eigenvalue weighted by Crippen LogP contribution is -2.41. The van der Waals surface area contributed by atoms with E-state index >= 15 is 0 Å². The molecule has 1 unspecified atom stereocenters. The topological polar surface area (TPSA) is 110 Å². The number of halogens is 1. The van der Waals surface area contributed by atoms with E-state index in [0.717, 1.165) is 30.4 Å². The molecule has 9 nitrogen and oxygen atoms in total. The summed E-state index contributed by atoms with van der Waals surface area (Å²) in [5.74, 6) is 2.11. The molecule has 5 rings (SSSR count). The lowest BCUT2D eigenvalue weighted by Gasteiger charge is -2.27. The van der Waals surface area contributed by atoms with Crippen LogP contribution >= 0.6 is 11.6 Å². The van der Waals surface area contributed by atoms with Gasteiger partial charge in [0.2, 0.25) is 11.9 Å². The fourth-order valence-electron chi connectivity index (χ4n) is 4.92. The summed E-state index contributed by atoms with van der Waals surface area (Å²) in [5.41, 5.74) is 2.02. The van der Waals surface area contributed by atoms with Gasteiger partial charge in [-0.1, -0.05) is 55.8 Å². The van der Waals surface area contributed by atoms with Crippen molar-refractivity contribution < 1.29 is 4.79 Å². The zero-order valence-electron chi connectivity index (χ0n) is 21.8. The molecule has 1 aromatic carbocycles. The van der Waals surface area contributed by atoms with Gasteiger partial charge in [-0.15, -0.1) is 0 Å². The molecule has 0 aliphatic heterocycles. The first kappa shape index (κ1) is 26.6. The molecule has 3 heterocycles.